The molecule has 1 fully saturated rings. The number of pyridine rings is 1. The summed E-state index contributed by atoms with van der Waals surface area (Å²) in [5.74, 6) is 1.99. The molecule has 27 heavy (non-hydrogen) atoms. The highest BCUT2D eigenvalue weighted by Crippen LogP contribution is 2.40. The van der Waals surface area contributed by atoms with E-state index in [0.29, 0.717) is 41.9 Å². The molecule has 1 aliphatic rings. The molecular weight excluding hydrogens is 350 g/mol. The summed E-state index contributed by atoms with van der Waals surface area (Å²) in [7, 11) is 4.59. The summed E-state index contributed by atoms with van der Waals surface area (Å²) in [6, 6.07) is 8.68. The zero-order valence-corrected chi connectivity index (χ0v) is 15.6. The SMILES string of the molecule is COc1cc(NC(=O)N2CCC(Oc3ccccn3)C2)cc(OC)c1OC. The number of ether oxygens (including phenoxy) is 4. The lowest BCUT2D eigenvalue weighted by Crippen LogP contribution is -2.34. The maximum absolute atomic E-state index is 12.6. The molecule has 0 bridgehead atoms. The van der Waals surface area contributed by atoms with Crippen LogP contribution in [-0.2, 0) is 0 Å². The van der Waals surface area contributed by atoms with Crippen molar-refractivity contribution in [2.45, 2.75) is 12.5 Å². The molecule has 3 rings (SSSR count). The molecule has 1 aliphatic heterocycles. The number of nitrogens with one attached hydrogen (secondary N) is 1. The first-order valence-electron chi connectivity index (χ1n) is 8.58. The van der Waals surface area contributed by atoms with Crippen LogP contribution in [0.4, 0.5) is 10.5 Å². The van der Waals surface area contributed by atoms with Gasteiger partial charge in [-0.15, -0.1) is 0 Å². The monoisotopic (exact) mass is 373 g/mol. The van der Waals surface area contributed by atoms with Crippen LogP contribution < -0.4 is 24.3 Å². The van der Waals surface area contributed by atoms with Crippen LogP contribution in [0.3, 0.4) is 0 Å². The number of hydrogen-bond donors (Lipinski definition) is 1. The number of anilines is 1. The van der Waals surface area contributed by atoms with Crippen molar-refractivity contribution in [3.05, 3.63) is 36.5 Å². The van der Waals surface area contributed by atoms with Gasteiger partial charge in [-0.05, 0) is 6.07 Å². The van der Waals surface area contributed by atoms with Gasteiger partial charge in [0.15, 0.2) is 11.5 Å². The maximum Gasteiger partial charge on any atom is 0.321 e. The minimum absolute atomic E-state index is 0.0782. The summed E-state index contributed by atoms with van der Waals surface area (Å²) >= 11 is 0. The van der Waals surface area contributed by atoms with Crippen molar-refractivity contribution >= 4 is 11.7 Å². The van der Waals surface area contributed by atoms with Gasteiger partial charge in [0.05, 0.1) is 33.6 Å². The van der Waals surface area contributed by atoms with Crippen LogP contribution in [0.25, 0.3) is 0 Å². The molecule has 8 nitrogen and oxygen atoms in total. The van der Waals surface area contributed by atoms with E-state index in [1.165, 1.54) is 21.3 Å². The lowest BCUT2D eigenvalue weighted by molar-refractivity contribution is 0.190. The molecule has 1 unspecified atom stereocenters. The molecule has 0 aliphatic carbocycles. The summed E-state index contributed by atoms with van der Waals surface area (Å²) in [5.41, 5.74) is 0.559. The number of likely N-dealkylation sites (tertiary alicyclic amines) is 1. The fourth-order valence-electron chi connectivity index (χ4n) is 2.95. The Kier molecular flexibility index (Phi) is 5.85. The minimum Gasteiger partial charge on any atom is -0.493 e. The molecule has 1 atom stereocenters. The Morgan fingerprint density at radius 1 is 1.15 bits per heavy atom. The van der Waals surface area contributed by atoms with Crippen LogP contribution >= 0.6 is 0 Å². The van der Waals surface area contributed by atoms with E-state index in [4.69, 9.17) is 18.9 Å². The number of rotatable bonds is 6. The van der Waals surface area contributed by atoms with Crippen molar-refractivity contribution in [1.82, 2.24) is 9.88 Å². The Bertz CT molecular complexity index is 759. The molecular formula is C19H23N3O5. The van der Waals surface area contributed by atoms with Gasteiger partial charge in [-0.1, -0.05) is 6.07 Å². The normalized spacial score (nSPS) is 16.0. The van der Waals surface area contributed by atoms with Gasteiger partial charge in [0, 0.05) is 37.4 Å². The number of aromatic nitrogens is 1. The zero-order chi connectivity index (χ0) is 19.2. The fraction of sp³-hybridized carbons (Fsp3) is 0.368. The van der Waals surface area contributed by atoms with Crippen molar-refractivity contribution in [3.8, 4) is 23.1 Å². The molecule has 1 aromatic heterocycles. The third kappa shape index (κ3) is 4.33. The number of nitrogens with zero attached hydrogens (tertiary/aromatic N) is 2. The molecule has 1 N–H and O–H groups in total. The third-order valence-electron chi connectivity index (χ3n) is 4.27. The molecule has 0 saturated carbocycles. The molecule has 0 spiro atoms. The van der Waals surface area contributed by atoms with Gasteiger partial charge >= 0.3 is 6.03 Å². The number of amides is 2. The first-order valence-corrected chi connectivity index (χ1v) is 8.58. The van der Waals surface area contributed by atoms with Gasteiger partial charge in [0.2, 0.25) is 11.6 Å². The summed E-state index contributed by atoms with van der Waals surface area (Å²) < 4.78 is 21.7. The van der Waals surface area contributed by atoms with Crippen LogP contribution in [0, 0.1) is 0 Å². The average molecular weight is 373 g/mol. The predicted octanol–water partition coefficient (Wildman–Crippen LogP) is 2.79. The Labute approximate surface area is 158 Å². The van der Waals surface area contributed by atoms with Crippen LogP contribution in [0.2, 0.25) is 0 Å². The Hall–Kier alpha value is -3.16. The minimum atomic E-state index is -0.212. The smallest absolute Gasteiger partial charge is 0.321 e. The van der Waals surface area contributed by atoms with E-state index >= 15 is 0 Å². The van der Waals surface area contributed by atoms with Crippen LogP contribution in [0.5, 0.6) is 23.1 Å². The van der Waals surface area contributed by atoms with E-state index in [2.05, 4.69) is 10.3 Å². The van der Waals surface area contributed by atoms with Crippen LogP contribution in [0.1, 0.15) is 6.42 Å². The van der Waals surface area contributed by atoms with Crippen molar-refractivity contribution in [2.24, 2.45) is 0 Å². The number of benzene rings is 1. The van der Waals surface area contributed by atoms with Crippen molar-refractivity contribution in [3.63, 3.8) is 0 Å². The average Bonchev–Trinajstić information content (AvgIpc) is 3.16. The first kappa shape index (κ1) is 18.6. The lowest BCUT2D eigenvalue weighted by Gasteiger charge is -2.19. The number of carbonyl (C=O) groups excluding carboxylic acids is 1. The molecule has 0 radical (unpaired) electrons. The second-order valence-corrected chi connectivity index (χ2v) is 5.99. The largest absolute Gasteiger partial charge is 0.493 e. The summed E-state index contributed by atoms with van der Waals surface area (Å²) in [5, 5.41) is 2.87. The maximum atomic E-state index is 12.6. The van der Waals surface area contributed by atoms with Crippen LogP contribution in [0.15, 0.2) is 36.5 Å². The number of hydrogen-bond acceptors (Lipinski definition) is 6. The molecule has 2 aromatic rings. The molecule has 2 amide bonds. The number of urea groups is 1. The van der Waals surface area contributed by atoms with Gasteiger partial charge in [0.1, 0.15) is 6.10 Å². The first-order chi connectivity index (χ1) is 13.1. The summed E-state index contributed by atoms with van der Waals surface area (Å²) in [4.78, 5) is 18.5. The van der Waals surface area contributed by atoms with Crippen molar-refractivity contribution in [2.75, 3.05) is 39.7 Å². The molecule has 144 valence electrons. The van der Waals surface area contributed by atoms with Crippen molar-refractivity contribution < 1.29 is 23.7 Å². The highest BCUT2D eigenvalue weighted by atomic mass is 16.5. The van der Waals surface area contributed by atoms with Crippen LogP contribution in [-0.4, -0.2) is 56.4 Å². The topological polar surface area (TPSA) is 82.2 Å². The predicted molar refractivity (Wildman–Crippen MR) is 100.0 cm³/mol. The Balaban J connectivity index is 1.64. The van der Waals surface area contributed by atoms with Gasteiger partial charge in [-0.3, -0.25) is 0 Å². The Morgan fingerprint density at radius 3 is 2.48 bits per heavy atom. The molecule has 8 heteroatoms. The van der Waals surface area contributed by atoms with E-state index in [-0.39, 0.29) is 12.1 Å². The van der Waals surface area contributed by atoms with E-state index in [0.717, 1.165) is 6.42 Å². The second kappa shape index (κ2) is 8.48. The molecule has 2 heterocycles. The lowest BCUT2D eigenvalue weighted by atomic mass is 10.2. The highest BCUT2D eigenvalue weighted by molar-refractivity contribution is 5.90. The number of methoxy groups -OCH3 is 3. The van der Waals surface area contributed by atoms with E-state index in [1.807, 2.05) is 12.1 Å². The van der Waals surface area contributed by atoms with Gasteiger partial charge < -0.3 is 29.2 Å². The standard InChI is InChI=1S/C19H23N3O5/c1-24-15-10-13(11-16(25-2)18(15)26-3)21-19(23)22-9-7-14(12-22)27-17-6-4-5-8-20-17/h4-6,8,10-11,14H,7,9,12H2,1-3H3,(H,21,23). The third-order valence-corrected chi connectivity index (χ3v) is 4.27. The van der Waals surface area contributed by atoms with E-state index in [1.54, 1.807) is 29.3 Å². The summed E-state index contributed by atoms with van der Waals surface area (Å²) in [6.07, 6.45) is 2.35. The van der Waals surface area contributed by atoms with E-state index < -0.39 is 0 Å². The number of carbonyl (C=O) groups is 1. The quantitative estimate of drug-likeness (QED) is 0.838. The fourth-order valence-corrected chi connectivity index (χ4v) is 2.95. The summed E-state index contributed by atoms with van der Waals surface area (Å²) in [6.45, 7) is 1.10. The molecule has 1 saturated heterocycles. The van der Waals surface area contributed by atoms with Gasteiger partial charge in [0.25, 0.3) is 0 Å². The van der Waals surface area contributed by atoms with Gasteiger partial charge in [-0.25, -0.2) is 9.78 Å². The van der Waals surface area contributed by atoms with Crippen molar-refractivity contribution in [1.29, 1.82) is 0 Å². The zero-order valence-electron chi connectivity index (χ0n) is 15.6. The Morgan fingerprint density at radius 2 is 1.89 bits per heavy atom. The highest BCUT2D eigenvalue weighted by Gasteiger charge is 2.28. The second-order valence-electron chi connectivity index (χ2n) is 5.99. The van der Waals surface area contributed by atoms with Gasteiger partial charge in [-0.2, -0.15) is 0 Å². The van der Waals surface area contributed by atoms with E-state index in [9.17, 15) is 4.79 Å². The molecule has 1 aromatic carbocycles.